The molecule has 84 valence electrons. The van der Waals surface area contributed by atoms with Crippen LogP contribution in [0.15, 0.2) is 36.7 Å². The number of unbranched alkanes of at least 4 members (excludes halogenated alkanes) is 1. The predicted octanol–water partition coefficient (Wildman–Crippen LogP) is 3.09. The van der Waals surface area contributed by atoms with Gasteiger partial charge in [0.25, 0.3) is 0 Å². The quantitative estimate of drug-likeness (QED) is 0.805. The molecule has 0 spiro atoms. The predicted molar refractivity (Wildman–Crippen MR) is 69.5 cm³/mol. The smallest absolute Gasteiger partial charge is 0.0361 e. The molecule has 0 amide bonds. The zero-order valence-electron chi connectivity index (χ0n) is 9.23. The third kappa shape index (κ3) is 2.90. The lowest BCUT2D eigenvalue weighted by Gasteiger charge is -1.96. The Morgan fingerprint density at radius 2 is 2.12 bits per heavy atom. The first-order chi connectivity index (χ1) is 7.90. The number of thiophene rings is 1. The van der Waals surface area contributed by atoms with Crippen molar-refractivity contribution in [3.8, 4) is 10.4 Å². The van der Waals surface area contributed by atoms with Crippen molar-refractivity contribution < 1.29 is 0 Å². The average Bonchev–Trinajstić information content (AvgIpc) is 2.79. The normalized spacial score (nSPS) is 10.6. The number of aryl methyl sites for hydroxylation is 1. The maximum atomic E-state index is 5.48. The van der Waals surface area contributed by atoms with Crippen molar-refractivity contribution in [3.63, 3.8) is 0 Å². The zero-order valence-corrected chi connectivity index (χ0v) is 10.0. The molecular weight excluding hydrogens is 216 g/mol. The van der Waals surface area contributed by atoms with Gasteiger partial charge in [-0.15, -0.1) is 11.3 Å². The van der Waals surface area contributed by atoms with E-state index in [1.165, 1.54) is 21.7 Å². The highest BCUT2D eigenvalue weighted by Gasteiger charge is 2.02. The van der Waals surface area contributed by atoms with Crippen LogP contribution in [0.2, 0.25) is 0 Å². The van der Waals surface area contributed by atoms with Gasteiger partial charge in [-0.05, 0) is 44.0 Å². The topological polar surface area (TPSA) is 38.9 Å². The number of hydrogen-bond donors (Lipinski definition) is 1. The van der Waals surface area contributed by atoms with E-state index in [-0.39, 0.29) is 0 Å². The van der Waals surface area contributed by atoms with Crippen molar-refractivity contribution in [1.29, 1.82) is 0 Å². The second-order valence-electron chi connectivity index (χ2n) is 3.75. The Kier molecular flexibility index (Phi) is 4.08. The second kappa shape index (κ2) is 5.77. The summed E-state index contributed by atoms with van der Waals surface area (Å²) in [6.07, 6.45) is 7.15. The monoisotopic (exact) mass is 232 g/mol. The third-order valence-corrected chi connectivity index (χ3v) is 3.68. The van der Waals surface area contributed by atoms with Crippen LogP contribution < -0.4 is 5.73 Å². The fourth-order valence-corrected chi connectivity index (χ4v) is 2.66. The number of nitrogens with zero attached hydrogens (tertiary/aromatic N) is 1. The lowest BCUT2D eigenvalue weighted by molar-refractivity contribution is 0.751. The summed E-state index contributed by atoms with van der Waals surface area (Å²) < 4.78 is 0. The molecule has 2 aromatic heterocycles. The van der Waals surface area contributed by atoms with Crippen LogP contribution >= 0.6 is 11.3 Å². The Morgan fingerprint density at radius 1 is 1.19 bits per heavy atom. The van der Waals surface area contributed by atoms with E-state index in [0.717, 1.165) is 19.4 Å². The van der Waals surface area contributed by atoms with Crippen molar-refractivity contribution in [2.45, 2.75) is 19.3 Å². The summed E-state index contributed by atoms with van der Waals surface area (Å²) in [5, 5.41) is 0. The summed E-state index contributed by atoms with van der Waals surface area (Å²) >= 11 is 1.86. The van der Waals surface area contributed by atoms with Gasteiger partial charge in [0, 0.05) is 27.7 Å². The summed E-state index contributed by atoms with van der Waals surface area (Å²) in [5.74, 6) is 0. The lowest BCUT2D eigenvalue weighted by atomic mass is 10.2. The maximum absolute atomic E-state index is 5.48. The molecule has 0 fully saturated rings. The summed E-state index contributed by atoms with van der Waals surface area (Å²) in [6.45, 7) is 0.792. The minimum absolute atomic E-state index is 0.792. The zero-order chi connectivity index (χ0) is 11.2. The van der Waals surface area contributed by atoms with E-state index in [0.29, 0.717) is 0 Å². The van der Waals surface area contributed by atoms with Crippen LogP contribution in [-0.2, 0) is 6.42 Å². The number of rotatable bonds is 5. The Hall–Kier alpha value is -1.19. The number of aromatic nitrogens is 1. The molecule has 0 atom stereocenters. The van der Waals surface area contributed by atoms with Crippen LogP contribution in [0.3, 0.4) is 0 Å². The minimum atomic E-state index is 0.792. The largest absolute Gasteiger partial charge is 0.330 e. The SMILES string of the molecule is NCCCCc1ccc(-c2cccnc2)s1. The van der Waals surface area contributed by atoms with Gasteiger partial charge in [-0.25, -0.2) is 0 Å². The summed E-state index contributed by atoms with van der Waals surface area (Å²) in [6, 6.07) is 8.47. The highest BCUT2D eigenvalue weighted by molar-refractivity contribution is 7.15. The van der Waals surface area contributed by atoms with Crippen LogP contribution in [0.4, 0.5) is 0 Å². The molecule has 16 heavy (non-hydrogen) atoms. The van der Waals surface area contributed by atoms with E-state index >= 15 is 0 Å². The van der Waals surface area contributed by atoms with Crippen molar-refractivity contribution in [2.24, 2.45) is 5.73 Å². The minimum Gasteiger partial charge on any atom is -0.330 e. The molecule has 2 rings (SSSR count). The third-order valence-electron chi connectivity index (χ3n) is 2.49. The number of nitrogens with two attached hydrogens (primary N) is 1. The van der Waals surface area contributed by atoms with Gasteiger partial charge < -0.3 is 5.73 Å². The number of hydrogen-bond acceptors (Lipinski definition) is 3. The van der Waals surface area contributed by atoms with Gasteiger partial charge >= 0.3 is 0 Å². The Bertz CT molecular complexity index is 423. The van der Waals surface area contributed by atoms with Crippen LogP contribution in [0.1, 0.15) is 17.7 Å². The molecule has 2 aromatic rings. The first-order valence-electron chi connectivity index (χ1n) is 5.59. The molecule has 2 N–H and O–H groups in total. The summed E-state index contributed by atoms with van der Waals surface area (Å²) in [7, 11) is 0. The molecule has 0 radical (unpaired) electrons. The molecule has 3 heteroatoms. The molecule has 0 unspecified atom stereocenters. The summed E-state index contributed by atoms with van der Waals surface area (Å²) in [5.41, 5.74) is 6.69. The van der Waals surface area contributed by atoms with Crippen LogP contribution in [-0.4, -0.2) is 11.5 Å². The van der Waals surface area contributed by atoms with Crippen molar-refractivity contribution in [1.82, 2.24) is 4.98 Å². The van der Waals surface area contributed by atoms with Crippen LogP contribution in [0.25, 0.3) is 10.4 Å². The first kappa shape index (κ1) is 11.3. The molecule has 0 aliphatic carbocycles. The van der Waals surface area contributed by atoms with Gasteiger partial charge in [0.2, 0.25) is 0 Å². The Labute approximate surface area is 100 Å². The van der Waals surface area contributed by atoms with Gasteiger partial charge in [-0.2, -0.15) is 0 Å². The fourth-order valence-electron chi connectivity index (χ4n) is 1.62. The number of pyridine rings is 1. The van der Waals surface area contributed by atoms with Gasteiger partial charge in [0.05, 0.1) is 0 Å². The fraction of sp³-hybridized carbons (Fsp3) is 0.308. The molecule has 0 saturated heterocycles. The van der Waals surface area contributed by atoms with Gasteiger partial charge in [0.15, 0.2) is 0 Å². The van der Waals surface area contributed by atoms with Gasteiger partial charge in [-0.3, -0.25) is 4.98 Å². The van der Waals surface area contributed by atoms with Crippen molar-refractivity contribution >= 4 is 11.3 Å². The van der Waals surface area contributed by atoms with E-state index in [4.69, 9.17) is 5.73 Å². The molecule has 0 aromatic carbocycles. The first-order valence-corrected chi connectivity index (χ1v) is 6.41. The standard InChI is InChI=1S/C13H16N2S/c14-8-2-1-5-12-6-7-13(16-12)11-4-3-9-15-10-11/h3-4,6-7,9-10H,1-2,5,8,14H2. The van der Waals surface area contributed by atoms with E-state index < -0.39 is 0 Å². The van der Waals surface area contributed by atoms with Gasteiger partial charge in [0.1, 0.15) is 0 Å². The van der Waals surface area contributed by atoms with E-state index in [9.17, 15) is 0 Å². The highest BCUT2D eigenvalue weighted by atomic mass is 32.1. The van der Waals surface area contributed by atoms with Crippen molar-refractivity contribution in [2.75, 3.05) is 6.54 Å². The molecule has 2 heterocycles. The maximum Gasteiger partial charge on any atom is 0.0361 e. The van der Waals surface area contributed by atoms with Crippen molar-refractivity contribution in [3.05, 3.63) is 41.5 Å². The molecule has 0 aliphatic rings. The molecule has 2 nitrogen and oxygen atoms in total. The van der Waals surface area contributed by atoms with E-state index in [2.05, 4.69) is 23.2 Å². The van der Waals surface area contributed by atoms with Crippen LogP contribution in [0.5, 0.6) is 0 Å². The Balaban J connectivity index is 2.02. The van der Waals surface area contributed by atoms with Crippen LogP contribution in [0, 0.1) is 0 Å². The Morgan fingerprint density at radius 3 is 2.88 bits per heavy atom. The molecule has 0 bridgehead atoms. The van der Waals surface area contributed by atoms with E-state index in [1.807, 2.05) is 23.6 Å². The van der Waals surface area contributed by atoms with Gasteiger partial charge in [-0.1, -0.05) is 6.07 Å². The molecule has 0 saturated carbocycles. The average molecular weight is 232 g/mol. The summed E-state index contributed by atoms with van der Waals surface area (Å²) in [4.78, 5) is 6.87. The molecular formula is C13H16N2S. The second-order valence-corrected chi connectivity index (χ2v) is 4.92. The lowest BCUT2D eigenvalue weighted by Crippen LogP contribution is -1.98. The van der Waals surface area contributed by atoms with E-state index in [1.54, 1.807) is 6.20 Å². The highest BCUT2D eigenvalue weighted by Crippen LogP contribution is 2.28. The molecule has 0 aliphatic heterocycles.